The van der Waals surface area contributed by atoms with Gasteiger partial charge in [-0.15, -0.1) is 0 Å². The first-order valence-corrected chi connectivity index (χ1v) is 10.6. The van der Waals surface area contributed by atoms with E-state index in [2.05, 4.69) is 37.6 Å². The summed E-state index contributed by atoms with van der Waals surface area (Å²) in [6, 6.07) is 6.16. The monoisotopic (exact) mass is 422 g/mol. The van der Waals surface area contributed by atoms with Crippen LogP contribution in [0.5, 0.6) is 0 Å². The van der Waals surface area contributed by atoms with Gasteiger partial charge in [-0.25, -0.2) is 0 Å². The summed E-state index contributed by atoms with van der Waals surface area (Å²) < 4.78 is 0. The molecule has 0 radical (unpaired) electrons. The van der Waals surface area contributed by atoms with E-state index in [-0.39, 0.29) is 0 Å². The number of hydrogen-bond acceptors (Lipinski definition) is 4. The highest BCUT2D eigenvalue weighted by atomic mass is 35.5. The Balaban J connectivity index is 0.000000335. The van der Waals surface area contributed by atoms with E-state index in [1.807, 2.05) is 26.0 Å². The Morgan fingerprint density at radius 1 is 1.27 bits per heavy atom. The van der Waals surface area contributed by atoms with Crippen LogP contribution in [0.4, 0.5) is 5.69 Å². The molecule has 0 saturated heterocycles. The van der Waals surface area contributed by atoms with Crippen LogP contribution in [0, 0.1) is 37.0 Å². The number of hydrogen-bond donors (Lipinski definition) is 2. The van der Waals surface area contributed by atoms with Gasteiger partial charge in [0.2, 0.25) is 0 Å². The topological polar surface area (TPSA) is 88.7 Å². The maximum absolute atomic E-state index is 9.29. The summed E-state index contributed by atoms with van der Waals surface area (Å²) in [6.07, 6.45) is 8.70. The van der Waals surface area contributed by atoms with E-state index in [4.69, 9.17) is 23.1 Å². The van der Waals surface area contributed by atoms with Crippen LogP contribution in [0.15, 0.2) is 42.9 Å². The fraction of sp³-hybridized carbons (Fsp3) is 0.360. The highest BCUT2D eigenvalue weighted by Gasteiger charge is 2.25. The second-order valence-corrected chi connectivity index (χ2v) is 8.44. The number of pyridine rings is 1. The predicted molar refractivity (Wildman–Crippen MR) is 127 cm³/mol. The Hall–Kier alpha value is -2.77. The van der Waals surface area contributed by atoms with E-state index >= 15 is 0 Å². The average Bonchev–Trinajstić information content (AvgIpc) is 2.67. The fourth-order valence-corrected chi connectivity index (χ4v) is 3.89. The molecule has 1 saturated carbocycles. The third kappa shape index (κ3) is 5.43. The second-order valence-electron chi connectivity index (χ2n) is 8.06. The average molecular weight is 423 g/mol. The predicted octanol–water partition coefficient (Wildman–Crippen LogP) is 6.15. The van der Waals surface area contributed by atoms with Gasteiger partial charge in [0, 0.05) is 17.5 Å². The molecule has 3 rings (SSSR count). The number of aryl methyl sites for hydroxylation is 2. The third-order valence-corrected chi connectivity index (χ3v) is 5.91. The van der Waals surface area contributed by atoms with Crippen LogP contribution in [-0.2, 0) is 0 Å². The number of rotatable bonds is 4. The standard InChI is InChI=1S/C18H18ClN3.C7H13N/c1-4-5-14(16-9-22-10-17(21)18(16)19)15-7-13(8-20)11(2)6-12(15)3;1-5-3-7(4-5)6(2)8/h5-7,9-10H,4,21H2,1-3H3;5,7H,2-4,8H2,1H3/b14-5+;. The molecule has 1 aliphatic rings. The van der Waals surface area contributed by atoms with E-state index < -0.39 is 0 Å². The van der Waals surface area contributed by atoms with Crippen molar-refractivity contribution in [2.45, 2.75) is 47.0 Å². The van der Waals surface area contributed by atoms with Crippen molar-refractivity contribution in [3.05, 3.63) is 75.7 Å². The number of nitrogens with zero attached hydrogens (tertiary/aromatic N) is 2. The van der Waals surface area contributed by atoms with Crippen LogP contribution < -0.4 is 11.5 Å². The van der Waals surface area contributed by atoms with Gasteiger partial charge in [0.1, 0.15) is 0 Å². The van der Waals surface area contributed by atoms with Gasteiger partial charge < -0.3 is 11.5 Å². The smallest absolute Gasteiger partial charge is 0.0994 e. The van der Waals surface area contributed by atoms with Crippen LogP contribution in [0.3, 0.4) is 0 Å². The SMILES string of the molecule is C=C(N)C1CC(C)C1.CC/C=C(\c1cc(C#N)c(C)cc1C)c1cncc(N)c1Cl. The number of halogens is 1. The Kier molecular flexibility index (Phi) is 8.08. The molecule has 1 heterocycles. The Labute approximate surface area is 185 Å². The van der Waals surface area contributed by atoms with Gasteiger partial charge in [-0.2, -0.15) is 5.26 Å². The van der Waals surface area contributed by atoms with E-state index in [9.17, 15) is 5.26 Å². The molecule has 0 unspecified atom stereocenters. The lowest BCUT2D eigenvalue weighted by atomic mass is 9.75. The van der Waals surface area contributed by atoms with Crippen LogP contribution in [0.25, 0.3) is 5.57 Å². The molecule has 1 fully saturated rings. The Morgan fingerprint density at radius 3 is 2.43 bits per heavy atom. The van der Waals surface area contributed by atoms with Gasteiger partial charge in [0.25, 0.3) is 0 Å². The van der Waals surface area contributed by atoms with Crippen molar-refractivity contribution in [2.75, 3.05) is 5.73 Å². The minimum atomic E-state index is 0.450. The molecular formula is C25H31ClN4. The highest BCUT2D eigenvalue weighted by molar-refractivity contribution is 6.35. The molecule has 1 aromatic heterocycles. The van der Waals surface area contributed by atoms with Crippen molar-refractivity contribution in [2.24, 2.45) is 17.6 Å². The van der Waals surface area contributed by atoms with E-state index in [0.29, 0.717) is 22.2 Å². The van der Waals surface area contributed by atoms with Gasteiger partial charge in [0.05, 0.1) is 28.5 Å². The summed E-state index contributed by atoms with van der Waals surface area (Å²) >= 11 is 6.36. The summed E-state index contributed by atoms with van der Waals surface area (Å²) in [5.41, 5.74) is 18.1. The van der Waals surface area contributed by atoms with Crippen LogP contribution in [0.2, 0.25) is 5.02 Å². The van der Waals surface area contributed by atoms with Gasteiger partial charge in [0.15, 0.2) is 0 Å². The van der Waals surface area contributed by atoms with Gasteiger partial charge in [-0.1, -0.05) is 44.2 Å². The zero-order valence-electron chi connectivity index (χ0n) is 18.3. The lowest BCUT2D eigenvalue weighted by molar-refractivity contribution is 0.248. The van der Waals surface area contributed by atoms with Gasteiger partial charge >= 0.3 is 0 Å². The molecule has 5 heteroatoms. The summed E-state index contributed by atoms with van der Waals surface area (Å²) in [6.45, 7) is 12.0. The van der Waals surface area contributed by atoms with Crippen molar-refractivity contribution in [1.29, 1.82) is 5.26 Å². The van der Waals surface area contributed by atoms with Crippen molar-refractivity contribution >= 4 is 22.9 Å². The van der Waals surface area contributed by atoms with Crippen molar-refractivity contribution in [3.8, 4) is 6.07 Å². The normalized spacial score (nSPS) is 17.9. The molecule has 4 N–H and O–H groups in total. The lowest BCUT2D eigenvalue weighted by Gasteiger charge is -2.32. The van der Waals surface area contributed by atoms with E-state index in [1.54, 1.807) is 6.20 Å². The largest absolute Gasteiger partial charge is 0.402 e. The summed E-state index contributed by atoms with van der Waals surface area (Å²) in [4.78, 5) is 4.15. The number of nitrogens with two attached hydrogens (primary N) is 2. The minimum Gasteiger partial charge on any atom is -0.402 e. The lowest BCUT2D eigenvalue weighted by Crippen LogP contribution is -2.25. The second kappa shape index (κ2) is 10.3. The molecule has 1 aliphatic carbocycles. The number of allylic oxidation sites excluding steroid dienone is 2. The number of anilines is 1. The molecule has 0 aliphatic heterocycles. The number of nitrogen functional groups attached to an aromatic ring is 1. The Bertz CT molecular complexity index is 995. The van der Waals surface area contributed by atoms with E-state index in [0.717, 1.165) is 45.9 Å². The first kappa shape index (κ1) is 23.5. The summed E-state index contributed by atoms with van der Waals surface area (Å²) in [5, 5.41) is 9.78. The van der Waals surface area contributed by atoms with E-state index in [1.165, 1.54) is 19.0 Å². The van der Waals surface area contributed by atoms with Gasteiger partial charge in [-0.3, -0.25) is 4.98 Å². The first-order valence-electron chi connectivity index (χ1n) is 10.2. The number of aromatic nitrogens is 1. The molecule has 0 atom stereocenters. The third-order valence-electron chi connectivity index (χ3n) is 5.49. The van der Waals surface area contributed by atoms with Gasteiger partial charge in [-0.05, 0) is 73.3 Å². The quantitative estimate of drug-likeness (QED) is 0.618. The molecular weight excluding hydrogens is 392 g/mol. The molecule has 30 heavy (non-hydrogen) atoms. The molecule has 0 spiro atoms. The van der Waals surface area contributed by atoms with Crippen LogP contribution in [0.1, 0.15) is 60.9 Å². The van der Waals surface area contributed by atoms with Crippen LogP contribution in [-0.4, -0.2) is 4.98 Å². The van der Waals surface area contributed by atoms with Crippen molar-refractivity contribution in [3.63, 3.8) is 0 Å². The maximum Gasteiger partial charge on any atom is 0.0994 e. The molecule has 4 nitrogen and oxygen atoms in total. The van der Waals surface area contributed by atoms with Crippen molar-refractivity contribution < 1.29 is 0 Å². The maximum atomic E-state index is 9.29. The molecule has 0 amide bonds. The zero-order chi connectivity index (χ0) is 22.4. The molecule has 1 aromatic carbocycles. The number of nitriles is 1. The first-order chi connectivity index (χ1) is 14.2. The molecule has 0 bridgehead atoms. The van der Waals surface area contributed by atoms with Crippen molar-refractivity contribution in [1.82, 2.24) is 4.98 Å². The zero-order valence-corrected chi connectivity index (χ0v) is 19.1. The summed E-state index contributed by atoms with van der Waals surface area (Å²) in [7, 11) is 0. The molecule has 158 valence electrons. The highest BCUT2D eigenvalue weighted by Crippen LogP contribution is 2.36. The minimum absolute atomic E-state index is 0.450. The van der Waals surface area contributed by atoms with Crippen LogP contribution >= 0.6 is 11.6 Å². The number of benzene rings is 1. The summed E-state index contributed by atoms with van der Waals surface area (Å²) in [5.74, 6) is 1.53. The Morgan fingerprint density at radius 2 is 1.93 bits per heavy atom. The fourth-order valence-electron chi connectivity index (χ4n) is 3.69. The molecule has 2 aromatic rings.